The van der Waals surface area contributed by atoms with Crippen LogP contribution >= 0.6 is 0 Å². The predicted octanol–water partition coefficient (Wildman–Crippen LogP) is -0.702. The molecular formula is C9H17N3O. The van der Waals surface area contributed by atoms with Gasteiger partial charge in [0.1, 0.15) is 0 Å². The first kappa shape index (κ1) is 8.97. The molecule has 2 fully saturated rings. The van der Waals surface area contributed by atoms with Crippen LogP contribution in [-0.4, -0.2) is 42.5 Å². The Hall–Kier alpha value is -0.610. The van der Waals surface area contributed by atoms with Crippen LogP contribution in [0.5, 0.6) is 0 Å². The first-order valence-electron chi connectivity index (χ1n) is 5.05. The highest BCUT2D eigenvalue weighted by molar-refractivity contribution is 5.82. The van der Waals surface area contributed by atoms with E-state index >= 15 is 0 Å². The first-order valence-corrected chi connectivity index (χ1v) is 5.05. The van der Waals surface area contributed by atoms with E-state index in [4.69, 9.17) is 5.73 Å². The highest BCUT2D eigenvalue weighted by Crippen LogP contribution is 2.13. The van der Waals surface area contributed by atoms with E-state index in [2.05, 4.69) is 5.32 Å². The number of carbonyl (C=O) groups excluding carboxylic acids is 1. The standard InChI is InChI=1S/C9H17N3O/c10-7-3-5-12(6-7)9(13)8-2-1-4-11-8/h7-8,11H,1-6,10H2/t7?,8-/m1/s1. The fourth-order valence-corrected chi connectivity index (χ4v) is 2.10. The van der Waals surface area contributed by atoms with Crippen molar-refractivity contribution in [2.24, 2.45) is 5.73 Å². The van der Waals surface area contributed by atoms with Crippen LogP contribution in [-0.2, 0) is 4.79 Å². The Labute approximate surface area is 78.5 Å². The molecule has 1 amide bonds. The van der Waals surface area contributed by atoms with Gasteiger partial charge in [-0.2, -0.15) is 0 Å². The molecule has 2 atom stereocenters. The van der Waals surface area contributed by atoms with Gasteiger partial charge >= 0.3 is 0 Å². The van der Waals surface area contributed by atoms with Gasteiger partial charge in [-0.05, 0) is 25.8 Å². The lowest BCUT2D eigenvalue weighted by atomic mass is 10.2. The minimum Gasteiger partial charge on any atom is -0.340 e. The second-order valence-electron chi connectivity index (χ2n) is 3.98. The Morgan fingerprint density at radius 2 is 2.31 bits per heavy atom. The molecule has 0 aromatic heterocycles. The Morgan fingerprint density at radius 3 is 2.85 bits per heavy atom. The number of carbonyl (C=O) groups is 1. The van der Waals surface area contributed by atoms with Gasteiger partial charge in [-0.25, -0.2) is 0 Å². The molecule has 2 heterocycles. The smallest absolute Gasteiger partial charge is 0.239 e. The van der Waals surface area contributed by atoms with E-state index in [1.165, 1.54) is 0 Å². The van der Waals surface area contributed by atoms with Gasteiger partial charge in [0.15, 0.2) is 0 Å². The van der Waals surface area contributed by atoms with Gasteiger partial charge < -0.3 is 16.0 Å². The fraction of sp³-hybridized carbons (Fsp3) is 0.889. The van der Waals surface area contributed by atoms with Crippen molar-refractivity contribution in [3.05, 3.63) is 0 Å². The van der Waals surface area contributed by atoms with Crippen LogP contribution in [0.15, 0.2) is 0 Å². The van der Waals surface area contributed by atoms with E-state index in [1.54, 1.807) is 0 Å². The third kappa shape index (κ3) is 1.84. The van der Waals surface area contributed by atoms with Gasteiger partial charge in [0.2, 0.25) is 5.91 Å². The van der Waals surface area contributed by atoms with Crippen LogP contribution in [0, 0.1) is 0 Å². The molecule has 13 heavy (non-hydrogen) atoms. The Balaban J connectivity index is 1.89. The maximum Gasteiger partial charge on any atom is 0.239 e. The molecule has 2 aliphatic heterocycles. The van der Waals surface area contributed by atoms with Crippen LogP contribution in [0.25, 0.3) is 0 Å². The molecule has 0 saturated carbocycles. The maximum absolute atomic E-state index is 11.8. The van der Waals surface area contributed by atoms with E-state index in [-0.39, 0.29) is 18.0 Å². The summed E-state index contributed by atoms with van der Waals surface area (Å²) in [7, 11) is 0. The molecule has 0 spiro atoms. The molecule has 1 unspecified atom stereocenters. The van der Waals surface area contributed by atoms with Crippen LogP contribution in [0.3, 0.4) is 0 Å². The van der Waals surface area contributed by atoms with Gasteiger partial charge in [0.05, 0.1) is 6.04 Å². The lowest BCUT2D eigenvalue weighted by Gasteiger charge is -2.19. The monoisotopic (exact) mass is 183 g/mol. The minimum atomic E-state index is 0.0744. The Bertz CT molecular complexity index is 201. The van der Waals surface area contributed by atoms with Crippen molar-refractivity contribution in [1.29, 1.82) is 0 Å². The normalized spacial score (nSPS) is 34.1. The third-order valence-corrected chi connectivity index (χ3v) is 2.89. The summed E-state index contributed by atoms with van der Waals surface area (Å²) >= 11 is 0. The summed E-state index contributed by atoms with van der Waals surface area (Å²) in [6, 6.07) is 0.274. The Kier molecular flexibility index (Phi) is 2.51. The average molecular weight is 183 g/mol. The van der Waals surface area contributed by atoms with Crippen LogP contribution in [0.1, 0.15) is 19.3 Å². The van der Waals surface area contributed by atoms with Crippen molar-refractivity contribution < 1.29 is 4.79 Å². The summed E-state index contributed by atoms with van der Waals surface area (Å²) < 4.78 is 0. The number of nitrogens with two attached hydrogens (primary N) is 1. The van der Waals surface area contributed by atoms with Crippen molar-refractivity contribution >= 4 is 5.91 Å². The summed E-state index contributed by atoms with van der Waals surface area (Å²) in [6.45, 7) is 2.57. The number of likely N-dealkylation sites (tertiary alicyclic amines) is 1. The van der Waals surface area contributed by atoms with Crippen molar-refractivity contribution in [1.82, 2.24) is 10.2 Å². The highest BCUT2D eigenvalue weighted by atomic mass is 16.2. The molecule has 74 valence electrons. The number of nitrogens with one attached hydrogen (secondary N) is 1. The van der Waals surface area contributed by atoms with Gasteiger partial charge in [0.25, 0.3) is 0 Å². The number of hydrogen-bond acceptors (Lipinski definition) is 3. The molecule has 2 aliphatic rings. The topological polar surface area (TPSA) is 58.4 Å². The molecule has 0 aliphatic carbocycles. The van der Waals surface area contributed by atoms with E-state index in [9.17, 15) is 4.79 Å². The van der Waals surface area contributed by atoms with Crippen molar-refractivity contribution in [3.63, 3.8) is 0 Å². The van der Waals surface area contributed by atoms with E-state index < -0.39 is 0 Å². The molecular weight excluding hydrogens is 166 g/mol. The SMILES string of the molecule is NC1CCN(C(=O)[C@H]2CCCN2)C1. The van der Waals surface area contributed by atoms with Crippen molar-refractivity contribution in [2.75, 3.05) is 19.6 Å². The molecule has 2 rings (SSSR count). The van der Waals surface area contributed by atoms with E-state index in [1.807, 2.05) is 4.90 Å². The summed E-state index contributed by atoms with van der Waals surface area (Å²) in [4.78, 5) is 13.7. The molecule has 4 nitrogen and oxygen atoms in total. The van der Waals surface area contributed by atoms with Crippen LogP contribution in [0.4, 0.5) is 0 Å². The van der Waals surface area contributed by atoms with Crippen molar-refractivity contribution in [3.8, 4) is 0 Å². The second-order valence-corrected chi connectivity index (χ2v) is 3.98. The van der Waals surface area contributed by atoms with Crippen molar-refractivity contribution in [2.45, 2.75) is 31.3 Å². The second kappa shape index (κ2) is 3.64. The van der Waals surface area contributed by atoms with Crippen LogP contribution in [0.2, 0.25) is 0 Å². The summed E-state index contributed by atoms with van der Waals surface area (Å²) in [6.07, 6.45) is 3.07. The average Bonchev–Trinajstić information content (AvgIpc) is 2.72. The zero-order valence-electron chi connectivity index (χ0n) is 7.83. The fourth-order valence-electron chi connectivity index (χ4n) is 2.10. The molecule has 2 saturated heterocycles. The predicted molar refractivity (Wildman–Crippen MR) is 50.2 cm³/mol. The number of nitrogens with zero attached hydrogens (tertiary/aromatic N) is 1. The quantitative estimate of drug-likeness (QED) is 0.565. The summed E-state index contributed by atoms with van der Waals surface area (Å²) in [5.41, 5.74) is 5.75. The number of amides is 1. The Morgan fingerprint density at radius 1 is 1.46 bits per heavy atom. The first-order chi connectivity index (χ1) is 6.27. The zero-order valence-corrected chi connectivity index (χ0v) is 7.83. The lowest BCUT2D eigenvalue weighted by Crippen LogP contribution is -2.43. The van der Waals surface area contributed by atoms with E-state index in [0.717, 1.165) is 38.9 Å². The lowest BCUT2D eigenvalue weighted by molar-refractivity contribution is -0.132. The molecule has 0 aromatic rings. The summed E-state index contributed by atoms with van der Waals surface area (Å²) in [5, 5.41) is 3.22. The molecule has 3 N–H and O–H groups in total. The van der Waals surface area contributed by atoms with Gasteiger partial charge in [-0.15, -0.1) is 0 Å². The largest absolute Gasteiger partial charge is 0.340 e. The highest BCUT2D eigenvalue weighted by Gasteiger charge is 2.30. The van der Waals surface area contributed by atoms with E-state index in [0.29, 0.717) is 0 Å². The van der Waals surface area contributed by atoms with Gasteiger partial charge in [0, 0.05) is 19.1 Å². The summed E-state index contributed by atoms with van der Waals surface area (Å²) in [5.74, 6) is 0.255. The van der Waals surface area contributed by atoms with Gasteiger partial charge in [-0.1, -0.05) is 0 Å². The minimum absolute atomic E-state index is 0.0744. The zero-order chi connectivity index (χ0) is 9.26. The third-order valence-electron chi connectivity index (χ3n) is 2.89. The number of rotatable bonds is 1. The van der Waals surface area contributed by atoms with Crippen LogP contribution < -0.4 is 11.1 Å². The number of hydrogen-bond donors (Lipinski definition) is 2. The molecule has 0 bridgehead atoms. The molecule has 4 heteroatoms. The maximum atomic E-state index is 11.8. The van der Waals surface area contributed by atoms with Gasteiger partial charge in [-0.3, -0.25) is 4.79 Å². The molecule has 0 radical (unpaired) electrons. The molecule has 0 aromatic carbocycles.